The third kappa shape index (κ3) is 3.54. The van der Waals surface area contributed by atoms with Crippen LogP contribution in [-0.2, 0) is 0 Å². The van der Waals surface area contributed by atoms with Crippen LogP contribution < -0.4 is 5.73 Å². The van der Waals surface area contributed by atoms with E-state index >= 15 is 0 Å². The van der Waals surface area contributed by atoms with Crippen LogP contribution in [0.5, 0.6) is 0 Å². The van der Waals surface area contributed by atoms with Crippen molar-refractivity contribution in [2.75, 3.05) is 13.1 Å². The van der Waals surface area contributed by atoms with Gasteiger partial charge in [0.25, 0.3) is 5.91 Å². The highest BCUT2D eigenvalue weighted by Crippen LogP contribution is 2.31. The van der Waals surface area contributed by atoms with Gasteiger partial charge < -0.3 is 10.6 Å². The van der Waals surface area contributed by atoms with E-state index in [1.54, 1.807) is 0 Å². The second-order valence-electron chi connectivity index (χ2n) is 6.78. The third-order valence-electron chi connectivity index (χ3n) is 4.66. The Labute approximate surface area is 151 Å². The van der Waals surface area contributed by atoms with Crippen LogP contribution in [-0.4, -0.2) is 29.9 Å². The van der Waals surface area contributed by atoms with E-state index in [-0.39, 0.29) is 29.8 Å². The first kappa shape index (κ1) is 18.2. The second kappa shape index (κ2) is 6.80. The Hall–Kier alpha value is -1.10. The Bertz CT molecular complexity index is 732. The molecule has 3 rings (SSSR count). The Morgan fingerprint density at radius 1 is 1.30 bits per heavy atom. The summed E-state index contributed by atoms with van der Waals surface area (Å²) in [6.07, 6.45) is 0.852. The lowest BCUT2D eigenvalue weighted by atomic mass is 9.79. The molecule has 1 saturated heterocycles. The number of benzene rings is 2. The first-order valence-electron chi connectivity index (χ1n) is 7.62. The molecular formula is C18H22BrClN2O. The molecule has 1 aliphatic rings. The number of nitrogens with zero attached hydrogens (tertiary/aromatic N) is 1. The van der Waals surface area contributed by atoms with Crippen molar-refractivity contribution in [1.82, 2.24) is 4.90 Å². The summed E-state index contributed by atoms with van der Waals surface area (Å²) >= 11 is 3.52. The van der Waals surface area contributed by atoms with E-state index in [1.807, 2.05) is 41.3 Å². The fourth-order valence-corrected chi connectivity index (χ4v) is 3.64. The maximum absolute atomic E-state index is 13.0. The Morgan fingerprint density at radius 2 is 2.00 bits per heavy atom. The van der Waals surface area contributed by atoms with Gasteiger partial charge in [-0.3, -0.25) is 4.79 Å². The Morgan fingerprint density at radius 3 is 2.70 bits per heavy atom. The third-order valence-corrected chi connectivity index (χ3v) is 5.11. The summed E-state index contributed by atoms with van der Waals surface area (Å²) < 4.78 is 0.933. The van der Waals surface area contributed by atoms with E-state index in [0.29, 0.717) is 6.54 Å². The number of hydrogen-bond acceptors (Lipinski definition) is 2. The lowest BCUT2D eigenvalue weighted by Gasteiger charge is -2.42. The summed E-state index contributed by atoms with van der Waals surface area (Å²) in [4.78, 5) is 15.0. The van der Waals surface area contributed by atoms with Crippen LogP contribution in [0.15, 0.2) is 40.9 Å². The van der Waals surface area contributed by atoms with Crippen LogP contribution in [0, 0.1) is 5.41 Å². The monoisotopic (exact) mass is 396 g/mol. The van der Waals surface area contributed by atoms with Gasteiger partial charge in [-0.25, -0.2) is 0 Å². The largest absolute Gasteiger partial charge is 0.338 e. The van der Waals surface area contributed by atoms with Gasteiger partial charge in [0.15, 0.2) is 0 Å². The smallest absolute Gasteiger partial charge is 0.254 e. The number of carbonyl (C=O) groups excluding carboxylic acids is 1. The molecule has 1 aliphatic heterocycles. The van der Waals surface area contributed by atoms with E-state index in [2.05, 4.69) is 29.8 Å². The van der Waals surface area contributed by atoms with Gasteiger partial charge in [0, 0.05) is 29.2 Å². The summed E-state index contributed by atoms with van der Waals surface area (Å²) in [5, 5.41) is 2.08. The van der Waals surface area contributed by atoms with Crippen molar-refractivity contribution >= 4 is 45.0 Å². The summed E-state index contributed by atoms with van der Waals surface area (Å²) in [5.74, 6) is 0.0949. The van der Waals surface area contributed by atoms with Crippen LogP contribution in [0.4, 0.5) is 0 Å². The first-order chi connectivity index (χ1) is 10.4. The van der Waals surface area contributed by atoms with Crippen molar-refractivity contribution in [3.05, 3.63) is 46.4 Å². The van der Waals surface area contributed by atoms with Gasteiger partial charge in [-0.15, -0.1) is 12.4 Å². The van der Waals surface area contributed by atoms with Gasteiger partial charge in [-0.1, -0.05) is 54.0 Å². The van der Waals surface area contributed by atoms with Crippen LogP contribution in [0.25, 0.3) is 10.8 Å². The van der Waals surface area contributed by atoms with E-state index in [1.165, 1.54) is 0 Å². The lowest BCUT2D eigenvalue weighted by molar-refractivity contribution is 0.0535. The van der Waals surface area contributed by atoms with Gasteiger partial charge >= 0.3 is 0 Å². The van der Waals surface area contributed by atoms with Gasteiger partial charge in [-0.2, -0.15) is 0 Å². The zero-order valence-corrected chi connectivity index (χ0v) is 15.8. The van der Waals surface area contributed by atoms with Crippen molar-refractivity contribution in [2.45, 2.75) is 26.3 Å². The van der Waals surface area contributed by atoms with E-state index < -0.39 is 0 Å². The molecule has 2 aromatic rings. The quantitative estimate of drug-likeness (QED) is 0.783. The van der Waals surface area contributed by atoms with Crippen LogP contribution in [0.3, 0.4) is 0 Å². The van der Waals surface area contributed by atoms with E-state index in [9.17, 15) is 4.79 Å². The summed E-state index contributed by atoms with van der Waals surface area (Å²) in [5.41, 5.74) is 6.90. The summed E-state index contributed by atoms with van der Waals surface area (Å²) in [7, 11) is 0. The number of fused-ring (bicyclic) bond motifs is 1. The highest BCUT2D eigenvalue weighted by Gasteiger charge is 2.35. The van der Waals surface area contributed by atoms with Crippen LogP contribution in [0.2, 0.25) is 0 Å². The average molecular weight is 398 g/mol. The average Bonchev–Trinajstić information content (AvgIpc) is 2.48. The summed E-state index contributed by atoms with van der Waals surface area (Å²) in [6, 6.07) is 12.1. The molecule has 1 fully saturated rings. The SMILES string of the molecule is CC1(C)CN(C(=O)c2cc(Br)cc3ccccc23)CCC1N.Cl. The number of piperidine rings is 1. The predicted molar refractivity (Wildman–Crippen MR) is 101 cm³/mol. The molecule has 0 aromatic heterocycles. The topological polar surface area (TPSA) is 46.3 Å². The molecule has 23 heavy (non-hydrogen) atoms. The molecule has 0 radical (unpaired) electrons. The minimum Gasteiger partial charge on any atom is -0.338 e. The molecule has 1 atom stereocenters. The van der Waals surface area contributed by atoms with Gasteiger partial charge in [0.05, 0.1) is 0 Å². The van der Waals surface area contributed by atoms with E-state index in [4.69, 9.17) is 5.73 Å². The maximum Gasteiger partial charge on any atom is 0.254 e. The van der Waals surface area contributed by atoms with Gasteiger partial charge in [0.2, 0.25) is 0 Å². The molecule has 2 aromatic carbocycles. The van der Waals surface area contributed by atoms with Crippen molar-refractivity contribution in [3.63, 3.8) is 0 Å². The predicted octanol–water partition coefficient (Wildman–Crippen LogP) is 4.22. The number of rotatable bonds is 1. The van der Waals surface area contributed by atoms with Crippen LogP contribution in [0.1, 0.15) is 30.6 Å². The number of amides is 1. The molecule has 1 heterocycles. The molecule has 1 amide bonds. The number of halogens is 2. The number of hydrogen-bond donors (Lipinski definition) is 1. The molecular weight excluding hydrogens is 376 g/mol. The Kier molecular flexibility index (Phi) is 5.39. The molecule has 0 saturated carbocycles. The second-order valence-corrected chi connectivity index (χ2v) is 7.70. The minimum atomic E-state index is -0.0459. The molecule has 124 valence electrons. The highest BCUT2D eigenvalue weighted by atomic mass is 79.9. The van der Waals surface area contributed by atoms with Crippen molar-refractivity contribution < 1.29 is 4.79 Å². The zero-order chi connectivity index (χ0) is 15.9. The minimum absolute atomic E-state index is 0. The highest BCUT2D eigenvalue weighted by molar-refractivity contribution is 9.10. The van der Waals surface area contributed by atoms with E-state index in [0.717, 1.165) is 33.8 Å². The normalized spacial score (nSPS) is 20.2. The fourth-order valence-electron chi connectivity index (χ4n) is 3.17. The maximum atomic E-state index is 13.0. The van der Waals surface area contributed by atoms with Crippen molar-refractivity contribution in [1.29, 1.82) is 0 Å². The molecule has 0 spiro atoms. The zero-order valence-electron chi connectivity index (χ0n) is 13.4. The standard InChI is InChI=1S/C18H21BrN2O.ClH/c1-18(2)11-21(8-7-16(18)20)17(22)15-10-13(19)9-12-5-3-4-6-14(12)15;/h3-6,9-10,16H,7-8,11,20H2,1-2H3;1H. The van der Waals surface area contributed by atoms with Gasteiger partial charge in [-0.05, 0) is 34.7 Å². The molecule has 2 N–H and O–H groups in total. The fraction of sp³-hybridized carbons (Fsp3) is 0.389. The van der Waals surface area contributed by atoms with Crippen molar-refractivity contribution in [3.8, 4) is 0 Å². The molecule has 0 bridgehead atoms. The first-order valence-corrected chi connectivity index (χ1v) is 8.41. The van der Waals surface area contributed by atoms with Gasteiger partial charge in [0.1, 0.15) is 0 Å². The lowest BCUT2D eigenvalue weighted by Crippen LogP contribution is -2.54. The summed E-state index contributed by atoms with van der Waals surface area (Å²) in [6.45, 7) is 5.70. The molecule has 5 heteroatoms. The number of carbonyl (C=O) groups is 1. The number of likely N-dealkylation sites (tertiary alicyclic amines) is 1. The number of nitrogens with two attached hydrogens (primary N) is 1. The Balaban J connectivity index is 0.00000192. The molecule has 3 nitrogen and oxygen atoms in total. The molecule has 1 unspecified atom stereocenters. The van der Waals surface area contributed by atoms with Crippen LogP contribution >= 0.6 is 28.3 Å². The van der Waals surface area contributed by atoms with Crippen molar-refractivity contribution in [2.24, 2.45) is 11.1 Å². The molecule has 0 aliphatic carbocycles.